The van der Waals surface area contributed by atoms with Crippen LogP contribution in [0, 0.1) is 10.1 Å². The van der Waals surface area contributed by atoms with Crippen LogP contribution in [0.1, 0.15) is 48.2 Å². The molecular formula is C21H25N3O3. The molecule has 1 aliphatic heterocycles. The van der Waals surface area contributed by atoms with Crippen molar-refractivity contribution in [3.63, 3.8) is 0 Å². The van der Waals surface area contributed by atoms with Gasteiger partial charge in [0.2, 0.25) is 0 Å². The number of nitrogens with one attached hydrogen (secondary N) is 1. The number of carbonyl (C=O) groups excluding carboxylic acids is 1. The van der Waals surface area contributed by atoms with Crippen LogP contribution in [0.4, 0.5) is 17.1 Å². The molecule has 1 saturated heterocycles. The van der Waals surface area contributed by atoms with Crippen LogP contribution in [-0.4, -0.2) is 23.9 Å². The summed E-state index contributed by atoms with van der Waals surface area (Å²) in [4.78, 5) is 26.0. The summed E-state index contributed by atoms with van der Waals surface area (Å²) in [6.07, 6.45) is 3.68. The van der Waals surface area contributed by atoms with Gasteiger partial charge < -0.3 is 10.2 Å². The van der Waals surface area contributed by atoms with Crippen molar-refractivity contribution in [3.8, 4) is 0 Å². The number of carbonyl (C=O) groups is 1. The number of hydrogen-bond acceptors (Lipinski definition) is 4. The van der Waals surface area contributed by atoms with Crippen molar-refractivity contribution in [2.45, 2.75) is 39.5 Å². The lowest BCUT2D eigenvalue weighted by Crippen LogP contribution is -2.20. The number of rotatable bonds is 6. The highest BCUT2D eigenvalue weighted by Crippen LogP contribution is 2.32. The lowest BCUT2D eigenvalue weighted by molar-refractivity contribution is -0.384. The highest BCUT2D eigenvalue weighted by Gasteiger charge is 2.24. The van der Waals surface area contributed by atoms with E-state index in [1.54, 1.807) is 12.1 Å². The second-order valence-corrected chi connectivity index (χ2v) is 6.77. The number of para-hydroxylation sites is 1. The molecule has 1 amide bonds. The second kappa shape index (κ2) is 8.20. The van der Waals surface area contributed by atoms with Gasteiger partial charge in [0, 0.05) is 30.4 Å². The molecule has 6 heteroatoms. The molecule has 2 aromatic rings. The molecule has 0 saturated carbocycles. The molecule has 0 bridgehead atoms. The molecule has 142 valence electrons. The molecule has 3 rings (SSSR count). The summed E-state index contributed by atoms with van der Waals surface area (Å²) in [6, 6.07) is 10.7. The van der Waals surface area contributed by atoms with E-state index in [4.69, 9.17) is 0 Å². The van der Waals surface area contributed by atoms with E-state index < -0.39 is 4.92 Å². The summed E-state index contributed by atoms with van der Waals surface area (Å²) in [5, 5.41) is 14.5. The van der Waals surface area contributed by atoms with E-state index in [9.17, 15) is 14.9 Å². The van der Waals surface area contributed by atoms with Crippen LogP contribution in [0.5, 0.6) is 0 Å². The van der Waals surface area contributed by atoms with Gasteiger partial charge in [0.25, 0.3) is 11.6 Å². The van der Waals surface area contributed by atoms with Crippen molar-refractivity contribution in [1.82, 2.24) is 0 Å². The van der Waals surface area contributed by atoms with E-state index in [0.717, 1.165) is 55.6 Å². The highest BCUT2D eigenvalue weighted by atomic mass is 16.6. The molecule has 1 aliphatic rings. The zero-order chi connectivity index (χ0) is 19.4. The summed E-state index contributed by atoms with van der Waals surface area (Å²) < 4.78 is 0. The zero-order valence-corrected chi connectivity index (χ0v) is 15.8. The Labute approximate surface area is 159 Å². The average Bonchev–Trinajstić information content (AvgIpc) is 3.22. The van der Waals surface area contributed by atoms with E-state index in [-0.39, 0.29) is 11.6 Å². The second-order valence-electron chi connectivity index (χ2n) is 6.77. The molecule has 1 fully saturated rings. The van der Waals surface area contributed by atoms with E-state index in [2.05, 4.69) is 5.32 Å². The van der Waals surface area contributed by atoms with Crippen LogP contribution in [0.25, 0.3) is 0 Å². The van der Waals surface area contributed by atoms with Crippen molar-refractivity contribution < 1.29 is 9.72 Å². The number of hydrogen-bond donors (Lipinski definition) is 1. The van der Waals surface area contributed by atoms with Gasteiger partial charge in [0.1, 0.15) is 5.69 Å². The van der Waals surface area contributed by atoms with E-state index >= 15 is 0 Å². The molecule has 1 heterocycles. The first-order chi connectivity index (χ1) is 13.0. The predicted molar refractivity (Wildman–Crippen MR) is 108 cm³/mol. The van der Waals surface area contributed by atoms with Crippen LogP contribution in [0.3, 0.4) is 0 Å². The van der Waals surface area contributed by atoms with E-state index in [1.807, 2.05) is 36.9 Å². The van der Waals surface area contributed by atoms with Gasteiger partial charge in [-0.2, -0.15) is 0 Å². The van der Waals surface area contributed by atoms with Crippen molar-refractivity contribution >= 4 is 23.0 Å². The fourth-order valence-corrected chi connectivity index (χ4v) is 3.63. The highest BCUT2D eigenvalue weighted by molar-refractivity contribution is 6.06. The Bertz CT molecular complexity index is 835. The molecule has 0 spiro atoms. The minimum absolute atomic E-state index is 0.0101. The number of nitro benzene ring substituents is 1. The lowest BCUT2D eigenvalue weighted by atomic mass is 10.0. The van der Waals surface area contributed by atoms with Crippen molar-refractivity contribution in [1.29, 1.82) is 0 Å². The third-order valence-electron chi connectivity index (χ3n) is 5.12. The van der Waals surface area contributed by atoms with Gasteiger partial charge in [-0.1, -0.05) is 32.0 Å². The number of amides is 1. The van der Waals surface area contributed by atoms with Crippen LogP contribution < -0.4 is 10.2 Å². The van der Waals surface area contributed by atoms with Gasteiger partial charge >= 0.3 is 0 Å². The number of aryl methyl sites for hydroxylation is 2. The van der Waals surface area contributed by atoms with Gasteiger partial charge in [0.05, 0.1) is 4.92 Å². The fourth-order valence-electron chi connectivity index (χ4n) is 3.63. The van der Waals surface area contributed by atoms with Crippen molar-refractivity contribution in [2.75, 3.05) is 23.3 Å². The molecule has 0 atom stereocenters. The molecule has 0 aliphatic carbocycles. The Morgan fingerprint density at radius 3 is 2.30 bits per heavy atom. The van der Waals surface area contributed by atoms with Crippen LogP contribution in [0.2, 0.25) is 0 Å². The number of anilines is 2. The molecule has 0 aromatic heterocycles. The Morgan fingerprint density at radius 2 is 1.74 bits per heavy atom. The molecule has 0 unspecified atom stereocenters. The number of benzene rings is 2. The number of nitro groups is 1. The first-order valence-corrected chi connectivity index (χ1v) is 9.50. The first-order valence-electron chi connectivity index (χ1n) is 9.50. The van der Waals surface area contributed by atoms with Crippen LogP contribution in [0.15, 0.2) is 36.4 Å². The molecular weight excluding hydrogens is 342 g/mol. The maximum absolute atomic E-state index is 12.8. The first kappa shape index (κ1) is 18.9. The van der Waals surface area contributed by atoms with Crippen LogP contribution in [-0.2, 0) is 12.8 Å². The summed E-state index contributed by atoms with van der Waals surface area (Å²) in [5.74, 6) is -0.318. The smallest absolute Gasteiger partial charge is 0.293 e. The zero-order valence-electron chi connectivity index (χ0n) is 15.8. The van der Waals surface area contributed by atoms with Crippen molar-refractivity contribution in [3.05, 3.63) is 63.2 Å². The maximum atomic E-state index is 12.8. The molecule has 2 aromatic carbocycles. The number of nitrogens with zero attached hydrogens (tertiary/aromatic N) is 2. The standard InChI is InChI=1S/C21H25N3O3/c1-3-15-8-7-9-16(4-2)20(15)22-21(25)17-10-11-18(19(14-17)24(26)27)23-12-5-6-13-23/h7-11,14H,3-6,12-13H2,1-2H3,(H,22,25). The van der Waals surface area contributed by atoms with Gasteiger partial charge in [-0.25, -0.2) is 0 Å². The normalized spacial score (nSPS) is 13.6. The minimum atomic E-state index is -0.401. The van der Waals surface area contributed by atoms with Gasteiger partial charge in [-0.05, 0) is 48.9 Å². The lowest BCUT2D eigenvalue weighted by Gasteiger charge is -2.18. The summed E-state index contributed by atoms with van der Waals surface area (Å²) in [7, 11) is 0. The summed E-state index contributed by atoms with van der Waals surface area (Å²) in [6.45, 7) is 5.71. The molecule has 0 radical (unpaired) electrons. The summed E-state index contributed by atoms with van der Waals surface area (Å²) >= 11 is 0. The third kappa shape index (κ3) is 3.94. The Kier molecular flexibility index (Phi) is 5.74. The Morgan fingerprint density at radius 1 is 1.11 bits per heavy atom. The third-order valence-corrected chi connectivity index (χ3v) is 5.12. The predicted octanol–water partition coefficient (Wildman–Crippen LogP) is 4.57. The van der Waals surface area contributed by atoms with Gasteiger partial charge in [-0.15, -0.1) is 0 Å². The molecule has 6 nitrogen and oxygen atoms in total. The molecule has 1 N–H and O–H groups in total. The van der Waals surface area contributed by atoms with E-state index in [0.29, 0.717) is 11.3 Å². The van der Waals surface area contributed by atoms with Gasteiger partial charge in [-0.3, -0.25) is 14.9 Å². The average molecular weight is 367 g/mol. The monoisotopic (exact) mass is 367 g/mol. The quantitative estimate of drug-likeness (QED) is 0.599. The van der Waals surface area contributed by atoms with Crippen molar-refractivity contribution in [2.24, 2.45) is 0 Å². The summed E-state index contributed by atoms with van der Waals surface area (Å²) in [5.41, 5.74) is 3.83. The van der Waals surface area contributed by atoms with Gasteiger partial charge in [0.15, 0.2) is 0 Å². The maximum Gasteiger partial charge on any atom is 0.293 e. The van der Waals surface area contributed by atoms with E-state index in [1.165, 1.54) is 6.07 Å². The largest absolute Gasteiger partial charge is 0.366 e. The minimum Gasteiger partial charge on any atom is -0.366 e. The van der Waals surface area contributed by atoms with Crippen LogP contribution >= 0.6 is 0 Å². The molecule has 27 heavy (non-hydrogen) atoms. The Hall–Kier alpha value is -2.89. The fraction of sp³-hybridized carbons (Fsp3) is 0.381. The Balaban J connectivity index is 1.92. The SMILES string of the molecule is CCc1cccc(CC)c1NC(=O)c1ccc(N2CCCC2)c([N+](=O)[O-])c1. The topological polar surface area (TPSA) is 75.5 Å².